The molecular weight excluding hydrogens is 478 g/mol. The smallest absolute Gasteiger partial charge is 0.158 e. The van der Waals surface area contributed by atoms with Crippen molar-refractivity contribution in [2.45, 2.75) is 51.7 Å². The van der Waals surface area contributed by atoms with E-state index in [1.807, 2.05) is 13.0 Å². The average Bonchev–Trinajstić information content (AvgIpc) is 3.18. The number of Topliss-reactive ketones (excluding diaryl/α,β-unsaturated/α-hetero) is 1. The predicted octanol–water partition coefficient (Wildman–Crippen LogP) is 7.17. The molecule has 1 N–H and O–H groups in total. The minimum absolute atomic E-state index is 0.0612. The van der Waals surface area contributed by atoms with Gasteiger partial charge in [-0.05, 0) is 44.4 Å². The number of fused-ring (bicyclic) bond motifs is 7. The van der Waals surface area contributed by atoms with E-state index in [1.54, 1.807) is 0 Å². The molecule has 39 heavy (non-hydrogen) atoms. The van der Waals surface area contributed by atoms with Crippen LogP contribution < -0.4 is 0 Å². The van der Waals surface area contributed by atoms with Crippen molar-refractivity contribution < 1.29 is 9.90 Å². The third kappa shape index (κ3) is 3.83. The Morgan fingerprint density at radius 2 is 1.28 bits per heavy atom. The highest BCUT2D eigenvalue weighted by Crippen LogP contribution is 2.59. The van der Waals surface area contributed by atoms with Gasteiger partial charge in [0, 0.05) is 25.0 Å². The molecule has 0 saturated carbocycles. The number of nitrogens with zero attached hydrogens (tertiary/aromatic N) is 1. The fraction of sp³-hybridized carbons (Fsp3) is 0.306. The molecular formula is C36H37NO2. The lowest BCUT2D eigenvalue weighted by molar-refractivity contribution is -0.132. The first-order valence-electron chi connectivity index (χ1n) is 14.0. The fourth-order valence-corrected chi connectivity index (χ4v) is 7.31. The standard InChI is InChI=1S/C36H37NO2/c1-24(23-38)33-34(39)32(35(2,3)4)28-18-10-13-21-31(28)36(37(33)22-25-14-6-5-7-15-25)29-19-11-8-16-26(29)27-17-9-12-20-30(27)36/h5-21,24,32-33,38H,22-23H2,1-4H3/t24-,32?,33-/m0/s1. The minimum atomic E-state index is -0.691. The van der Waals surface area contributed by atoms with Crippen LogP contribution in [0.4, 0.5) is 0 Å². The lowest BCUT2D eigenvalue weighted by Crippen LogP contribution is -2.56. The second kappa shape index (κ2) is 9.59. The Labute approximate surface area is 232 Å². The maximum absolute atomic E-state index is 15.0. The van der Waals surface area contributed by atoms with Crippen LogP contribution >= 0.6 is 0 Å². The number of carbonyl (C=O) groups excluding carboxylic acids is 1. The van der Waals surface area contributed by atoms with Gasteiger partial charge in [0.05, 0.1) is 11.6 Å². The highest BCUT2D eigenvalue weighted by atomic mass is 16.3. The molecule has 0 aromatic heterocycles. The number of ketones is 1. The largest absolute Gasteiger partial charge is 0.396 e. The number of aliphatic hydroxyl groups is 1. The van der Waals surface area contributed by atoms with Gasteiger partial charge in [-0.3, -0.25) is 9.69 Å². The van der Waals surface area contributed by atoms with Crippen molar-refractivity contribution in [3.63, 3.8) is 0 Å². The van der Waals surface area contributed by atoms with E-state index in [-0.39, 0.29) is 29.6 Å². The first-order chi connectivity index (χ1) is 18.8. The molecule has 0 saturated heterocycles. The maximum atomic E-state index is 15.0. The lowest BCUT2D eigenvalue weighted by Gasteiger charge is -2.47. The number of aliphatic hydroxyl groups excluding tert-OH is 1. The third-order valence-corrected chi connectivity index (χ3v) is 8.82. The summed E-state index contributed by atoms with van der Waals surface area (Å²) < 4.78 is 0. The molecule has 1 aliphatic carbocycles. The molecule has 1 spiro atoms. The summed E-state index contributed by atoms with van der Waals surface area (Å²) in [5, 5.41) is 10.6. The normalized spacial score (nSPS) is 20.7. The van der Waals surface area contributed by atoms with Gasteiger partial charge in [-0.25, -0.2) is 0 Å². The maximum Gasteiger partial charge on any atom is 0.158 e. The summed E-state index contributed by atoms with van der Waals surface area (Å²) in [6.45, 7) is 9.05. The molecule has 1 unspecified atom stereocenters. The van der Waals surface area contributed by atoms with Crippen LogP contribution in [0.15, 0.2) is 103 Å². The van der Waals surface area contributed by atoms with E-state index in [4.69, 9.17) is 0 Å². The van der Waals surface area contributed by atoms with Gasteiger partial charge in [-0.1, -0.05) is 131 Å². The second-order valence-electron chi connectivity index (χ2n) is 12.3. The third-order valence-electron chi connectivity index (χ3n) is 8.82. The Morgan fingerprint density at radius 3 is 1.85 bits per heavy atom. The summed E-state index contributed by atoms with van der Waals surface area (Å²) in [6.07, 6.45) is 0. The fourth-order valence-electron chi connectivity index (χ4n) is 7.31. The zero-order valence-corrected chi connectivity index (χ0v) is 23.3. The number of carbonyl (C=O) groups is 1. The predicted molar refractivity (Wildman–Crippen MR) is 157 cm³/mol. The Balaban J connectivity index is 1.79. The van der Waals surface area contributed by atoms with Crippen LogP contribution in [0, 0.1) is 11.3 Å². The van der Waals surface area contributed by atoms with Crippen LogP contribution in [0.5, 0.6) is 0 Å². The average molecular weight is 516 g/mol. The summed E-state index contributed by atoms with van der Waals surface area (Å²) in [5.41, 5.74) is 7.22. The molecule has 0 amide bonds. The molecule has 4 aromatic carbocycles. The quantitative estimate of drug-likeness (QED) is 0.313. The zero-order valence-electron chi connectivity index (χ0n) is 23.3. The summed E-state index contributed by atoms with van der Waals surface area (Å²) in [4.78, 5) is 17.4. The Kier molecular flexibility index (Phi) is 6.32. The molecule has 1 heterocycles. The van der Waals surface area contributed by atoms with Crippen molar-refractivity contribution in [3.8, 4) is 11.1 Å². The van der Waals surface area contributed by atoms with Gasteiger partial charge in [0.25, 0.3) is 0 Å². The Morgan fingerprint density at radius 1 is 0.769 bits per heavy atom. The monoisotopic (exact) mass is 515 g/mol. The van der Waals surface area contributed by atoms with Crippen LogP contribution in [-0.2, 0) is 16.9 Å². The molecule has 3 heteroatoms. The van der Waals surface area contributed by atoms with Crippen molar-refractivity contribution in [2.75, 3.05) is 6.61 Å². The van der Waals surface area contributed by atoms with Gasteiger partial charge < -0.3 is 5.11 Å². The summed E-state index contributed by atoms with van der Waals surface area (Å²) in [6, 6.07) is 35.9. The van der Waals surface area contributed by atoms with Gasteiger partial charge in [-0.2, -0.15) is 0 Å². The van der Waals surface area contributed by atoms with Gasteiger partial charge in [0.2, 0.25) is 0 Å². The Bertz CT molecular complexity index is 1470. The lowest BCUT2D eigenvalue weighted by atomic mass is 9.69. The molecule has 6 rings (SSSR count). The van der Waals surface area contributed by atoms with E-state index in [0.29, 0.717) is 6.54 Å². The first-order valence-corrected chi connectivity index (χ1v) is 14.0. The van der Waals surface area contributed by atoms with Crippen molar-refractivity contribution in [1.29, 1.82) is 0 Å². The second-order valence-corrected chi connectivity index (χ2v) is 12.3. The summed E-state index contributed by atoms with van der Waals surface area (Å²) in [5.74, 6) is -0.381. The summed E-state index contributed by atoms with van der Waals surface area (Å²) in [7, 11) is 0. The van der Waals surface area contributed by atoms with Gasteiger partial charge in [0.1, 0.15) is 0 Å². The van der Waals surface area contributed by atoms with E-state index >= 15 is 0 Å². The van der Waals surface area contributed by atoms with Crippen molar-refractivity contribution in [2.24, 2.45) is 11.3 Å². The van der Waals surface area contributed by atoms with Crippen molar-refractivity contribution in [1.82, 2.24) is 4.90 Å². The van der Waals surface area contributed by atoms with Crippen LogP contribution in [-0.4, -0.2) is 28.4 Å². The molecule has 1 aliphatic heterocycles. The van der Waals surface area contributed by atoms with E-state index in [9.17, 15) is 9.90 Å². The van der Waals surface area contributed by atoms with E-state index in [0.717, 1.165) is 11.1 Å². The topological polar surface area (TPSA) is 40.5 Å². The van der Waals surface area contributed by atoms with Crippen LogP contribution in [0.2, 0.25) is 0 Å². The van der Waals surface area contributed by atoms with E-state index < -0.39 is 11.6 Å². The molecule has 0 fully saturated rings. The van der Waals surface area contributed by atoms with Gasteiger partial charge in [-0.15, -0.1) is 0 Å². The molecule has 3 atom stereocenters. The van der Waals surface area contributed by atoms with Crippen LogP contribution in [0.1, 0.15) is 61.4 Å². The SMILES string of the molecule is C[C@@H](CO)[C@H]1C(=O)C(C(C)(C)C)c2ccccc2C2(c3ccccc3-c3ccccc32)N1Cc1ccccc1. The molecule has 0 bridgehead atoms. The highest BCUT2D eigenvalue weighted by Gasteiger charge is 2.58. The van der Waals surface area contributed by atoms with Crippen LogP contribution in [0.25, 0.3) is 11.1 Å². The molecule has 4 aromatic rings. The van der Waals surface area contributed by atoms with Gasteiger partial charge >= 0.3 is 0 Å². The van der Waals surface area contributed by atoms with Crippen molar-refractivity contribution in [3.05, 3.63) is 131 Å². The molecule has 198 valence electrons. The molecule has 0 radical (unpaired) electrons. The highest BCUT2D eigenvalue weighted by molar-refractivity contribution is 5.95. The Hall–Kier alpha value is -3.53. The summed E-state index contributed by atoms with van der Waals surface area (Å²) >= 11 is 0. The van der Waals surface area contributed by atoms with E-state index in [1.165, 1.54) is 27.8 Å². The molecule has 2 aliphatic rings. The number of hydrogen-bond donors (Lipinski definition) is 1. The molecule has 3 nitrogen and oxygen atoms in total. The van der Waals surface area contributed by atoms with E-state index in [2.05, 4.69) is 123 Å². The number of rotatable bonds is 4. The number of hydrogen-bond acceptors (Lipinski definition) is 3. The van der Waals surface area contributed by atoms with Gasteiger partial charge in [0.15, 0.2) is 5.78 Å². The minimum Gasteiger partial charge on any atom is -0.396 e. The van der Waals surface area contributed by atoms with Crippen molar-refractivity contribution >= 4 is 5.78 Å². The van der Waals surface area contributed by atoms with Crippen LogP contribution in [0.3, 0.4) is 0 Å². The number of benzene rings is 4. The first kappa shape index (κ1) is 25.7. The zero-order chi connectivity index (χ0) is 27.4.